The first-order valence-corrected chi connectivity index (χ1v) is 9.50. The lowest BCUT2D eigenvalue weighted by Gasteiger charge is -2.35. The van der Waals surface area contributed by atoms with Crippen LogP contribution in [0.3, 0.4) is 0 Å². The number of aromatic nitrogens is 1. The fourth-order valence-corrected chi connectivity index (χ4v) is 4.06. The third kappa shape index (κ3) is 3.23. The highest BCUT2D eigenvalue weighted by Gasteiger charge is 2.24. The van der Waals surface area contributed by atoms with Gasteiger partial charge in [-0.1, -0.05) is 19.3 Å². The summed E-state index contributed by atoms with van der Waals surface area (Å²) in [6, 6.07) is 6.05. The van der Waals surface area contributed by atoms with E-state index < -0.39 is 0 Å². The van der Waals surface area contributed by atoms with Crippen molar-refractivity contribution in [2.75, 3.05) is 13.8 Å². The molecule has 1 aromatic carbocycles. The van der Waals surface area contributed by atoms with E-state index in [1.807, 2.05) is 25.2 Å². The van der Waals surface area contributed by atoms with Gasteiger partial charge in [-0.3, -0.25) is 4.79 Å². The highest BCUT2D eigenvalue weighted by Crippen LogP contribution is 2.35. The second kappa shape index (κ2) is 7.15. The lowest BCUT2D eigenvalue weighted by atomic mass is 9.94. The van der Waals surface area contributed by atoms with Crippen LogP contribution in [0.15, 0.2) is 23.0 Å². The third-order valence-corrected chi connectivity index (χ3v) is 5.68. The van der Waals surface area contributed by atoms with Crippen LogP contribution < -0.4 is 20.3 Å². The minimum Gasteiger partial charge on any atom is -0.454 e. The van der Waals surface area contributed by atoms with E-state index >= 15 is 0 Å². The quantitative estimate of drug-likeness (QED) is 0.807. The normalized spacial score (nSPS) is 16.7. The molecule has 0 unspecified atom stereocenters. The Kier molecular flexibility index (Phi) is 4.72. The first-order chi connectivity index (χ1) is 12.7. The Morgan fingerprint density at radius 2 is 1.96 bits per heavy atom. The molecular formula is C19H23N3O3S. The highest BCUT2D eigenvalue weighted by atomic mass is 32.1. The summed E-state index contributed by atoms with van der Waals surface area (Å²) in [5.41, 5.74) is 1.37. The number of hydrogen-bond donors (Lipinski definition) is 2. The molecule has 0 spiro atoms. The van der Waals surface area contributed by atoms with Crippen LogP contribution in [-0.4, -0.2) is 34.9 Å². The maximum absolute atomic E-state index is 12.6. The van der Waals surface area contributed by atoms with Crippen molar-refractivity contribution in [1.29, 1.82) is 0 Å². The van der Waals surface area contributed by atoms with Crippen molar-refractivity contribution < 1.29 is 9.47 Å². The molecule has 2 heterocycles. The number of H-pyrrole nitrogens is 1. The lowest BCUT2D eigenvalue weighted by Crippen LogP contribution is -2.46. The number of nitrogens with one attached hydrogen (secondary N) is 2. The van der Waals surface area contributed by atoms with Gasteiger partial charge in [0, 0.05) is 30.1 Å². The van der Waals surface area contributed by atoms with E-state index in [-0.39, 0.29) is 12.4 Å². The highest BCUT2D eigenvalue weighted by molar-refractivity contribution is 7.80. The number of rotatable bonds is 3. The van der Waals surface area contributed by atoms with Crippen molar-refractivity contribution in [3.05, 3.63) is 34.1 Å². The molecule has 0 radical (unpaired) electrons. The van der Waals surface area contributed by atoms with Gasteiger partial charge in [0.05, 0.1) is 12.1 Å². The molecule has 4 rings (SSSR count). The minimum atomic E-state index is -0.0870. The Balaban J connectivity index is 1.67. The SMILES string of the molecule is CNC(=S)N(Cc1cc2cc3c(cc2[nH]c1=O)OCO3)C1CCCCC1. The van der Waals surface area contributed by atoms with E-state index in [0.29, 0.717) is 34.8 Å². The van der Waals surface area contributed by atoms with Crippen molar-refractivity contribution >= 4 is 28.2 Å². The Hall–Kier alpha value is -2.28. The molecule has 1 aromatic heterocycles. The molecule has 1 saturated carbocycles. The average Bonchev–Trinajstić information content (AvgIpc) is 3.12. The predicted octanol–water partition coefficient (Wildman–Crippen LogP) is 2.90. The van der Waals surface area contributed by atoms with Gasteiger partial charge in [0.2, 0.25) is 6.79 Å². The van der Waals surface area contributed by atoms with E-state index in [0.717, 1.165) is 23.7 Å². The number of aromatic amines is 1. The van der Waals surface area contributed by atoms with Gasteiger partial charge in [0.15, 0.2) is 16.6 Å². The molecule has 6 nitrogen and oxygen atoms in total. The fourth-order valence-electron chi connectivity index (χ4n) is 3.85. The molecule has 0 atom stereocenters. The zero-order chi connectivity index (χ0) is 18.1. The predicted molar refractivity (Wildman–Crippen MR) is 105 cm³/mol. The van der Waals surface area contributed by atoms with Crippen LogP contribution in [0.1, 0.15) is 37.7 Å². The molecule has 7 heteroatoms. The van der Waals surface area contributed by atoms with Gasteiger partial charge >= 0.3 is 0 Å². The lowest BCUT2D eigenvalue weighted by molar-refractivity contribution is 0.174. The molecule has 0 saturated heterocycles. The summed E-state index contributed by atoms with van der Waals surface area (Å²) < 4.78 is 10.8. The molecule has 1 aliphatic heterocycles. The molecule has 0 bridgehead atoms. The van der Waals surface area contributed by atoms with Crippen LogP contribution in [0.5, 0.6) is 11.5 Å². The Labute approximate surface area is 157 Å². The summed E-state index contributed by atoms with van der Waals surface area (Å²) in [6.07, 6.45) is 5.94. The topological polar surface area (TPSA) is 66.6 Å². The molecule has 138 valence electrons. The maximum Gasteiger partial charge on any atom is 0.253 e. The average molecular weight is 373 g/mol. The van der Waals surface area contributed by atoms with Crippen molar-refractivity contribution in [2.24, 2.45) is 0 Å². The van der Waals surface area contributed by atoms with Crippen molar-refractivity contribution in [3.63, 3.8) is 0 Å². The van der Waals surface area contributed by atoms with Crippen LogP contribution in [-0.2, 0) is 6.54 Å². The van der Waals surface area contributed by atoms with Crippen molar-refractivity contribution in [2.45, 2.75) is 44.7 Å². The second-order valence-corrected chi connectivity index (χ2v) is 7.28. The van der Waals surface area contributed by atoms with E-state index in [4.69, 9.17) is 21.7 Å². The Morgan fingerprint density at radius 3 is 2.69 bits per heavy atom. The van der Waals surface area contributed by atoms with Crippen molar-refractivity contribution in [1.82, 2.24) is 15.2 Å². The minimum absolute atomic E-state index is 0.0870. The van der Waals surface area contributed by atoms with Crippen LogP contribution in [0, 0.1) is 0 Å². The van der Waals surface area contributed by atoms with Gasteiger partial charge in [-0.15, -0.1) is 0 Å². The van der Waals surface area contributed by atoms with Crippen LogP contribution in [0.25, 0.3) is 10.9 Å². The summed E-state index contributed by atoms with van der Waals surface area (Å²) in [5.74, 6) is 1.38. The molecule has 0 amide bonds. The number of nitrogens with zero attached hydrogens (tertiary/aromatic N) is 1. The first kappa shape index (κ1) is 17.1. The van der Waals surface area contributed by atoms with Crippen molar-refractivity contribution in [3.8, 4) is 11.5 Å². The third-order valence-electron chi connectivity index (χ3n) is 5.25. The summed E-state index contributed by atoms with van der Waals surface area (Å²) >= 11 is 5.53. The number of hydrogen-bond acceptors (Lipinski definition) is 4. The van der Waals surface area contributed by atoms with Gasteiger partial charge in [0.1, 0.15) is 0 Å². The summed E-state index contributed by atoms with van der Waals surface area (Å²) in [4.78, 5) is 17.8. The fraction of sp³-hybridized carbons (Fsp3) is 0.474. The smallest absolute Gasteiger partial charge is 0.253 e. The van der Waals surface area contributed by atoms with Crippen LogP contribution in [0.4, 0.5) is 0 Å². The number of thiocarbonyl (C=S) groups is 1. The molecule has 2 aliphatic rings. The van der Waals surface area contributed by atoms with Gasteiger partial charge in [0.25, 0.3) is 5.56 Å². The van der Waals surface area contributed by atoms with E-state index in [1.54, 1.807) is 0 Å². The molecular weight excluding hydrogens is 350 g/mol. The van der Waals surface area contributed by atoms with Gasteiger partial charge in [-0.25, -0.2) is 0 Å². The Bertz CT molecular complexity index is 889. The van der Waals surface area contributed by atoms with E-state index in [9.17, 15) is 4.79 Å². The summed E-state index contributed by atoms with van der Waals surface area (Å²) in [5, 5.41) is 4.71. The van der Waals surface area contributed by atoms with E-state index in [2.05, 4.69) is 15.2 Å². The second-order valence-electron chi connectivity index (χ2n) is 6.89. The first-order valence-electron chi connectivity index (χ1n) is 9.09. The van der Waals surface area contributed by atoms with Gasteiger partial charge in [-0.2, -0.15) is 0 Å². The molecule has 2 N–H and O–H groups in total. The number of ether oxygens (including phenoxy) is 2. The standard InChI is InChI=1S/C19H23N3O3S/c1-20-19(26)22(14-5-3-2-4-6-14)10-13-7-12-8-16-17(25-11-24-16)9-15(12)21-18(13)23/h7-9,14H,2-6,10-11H2,1H3,(H,20,26)(H,21,23). The molecule has 1 fully saturated rings. The number of benzene rings is 1. The molecule has 26 heavy (non-hydrogen) atoms. The van der Waals surface area contributed by atoms with E-state index in [1.165, 1.54) is 19.3 Å². The number of fused-ring (bicyclic) bond motifs is 2. The van der Waals surface area contributed by atoms with Crippen LogP contribution >= 0.6 is 12.2 Å². The molecule has 2 aromatic rings. The Morgan fingerprint density at radius 1 is 1.23 bits per heavy atom. The largest absolute Gasteiger partial charge is 0.454 e. The van der Waals surface area contributed by atoms with Crippen LogP contribution in [0.2, 0.25) is 0 Å². The zero-order valence-electron chi connectivity index (χ0n) is 14.8. The van der Waals surface area contributed by atoms with Gasteiger partial charge in [-0.05, 0) is 37.2 Å². The summed E-state index contributed by atoms with van der Waals surface area (Å²) in [6.45, 7) is 0.721. The monoisotopic (exact) mass is 373 g/mol. The number of pyridine rings is 1. The van der Waals surface area contributed by atoms with Gasteiger partial charge < -0.3 is 24.7 Å². The summed E-state index contributed by atoms with van der Waals surface area (Å²) in [7, 11) is 1.84. The maximum atomic E-state index is 12.6. The zero-order valence-corrected chi connectivity index (χ0v) is 15.7. The molecule has 1 aliphatic carbocycles.